The predicted octanol–water partition coefficient (Wildman–Crippen LogP) is 1.28. The molecule has 3 atom stereocenters. The molecular formula is C11H18FNO2. The highest BCUT2D eigenvalue weighted by molar-refractivity contribution is 5.81. The van der Waals surface area contributed by atoms with Crippen molar-refractivity contribution < 1.29 is 13.9 Å². The van der Waals surface area contributed by atoms with Crippen molar-refractivity contribution in [1.82, 2.24) is 5.32 Å². The lowest BCUT2D eigenvalue weighted by molar-refractivity contribution is -0.161. The van der Waals surface area contributed by atoms with Crippen LogP contribution >= 0.6 is 0 Å². The molecule has 1 spiro atoms. The normalized spacial score (nSPS) is 44.9. The predicted molar refractivity (Wildman–Crippen MR) is 54.2 cm³/mol. The van der Waals surface area contributed by atoms with E-state index in [-0.39, 0.29) is 6.54 Å². The van der Waals surface area contributed by atoms with Crippen molar-refractivity contribution in [3.8, 4) is 0 Å². The van der Waals surface area contributed by atoms with Crippen LogP contribution in [0, 0.1) is 11.3 Å². The Hall–Kier alpha value is -0.640. The van der Waals surface area contributed by atoms with E-state index in [1.807, 2.05) is 0 Å². The Balaban J connectivity index is 2.28. The third kappa shape index (κ3) is 1.38. The fourth-order valence-corrected chi connectivity index (χ4v) is 3.17. The molecule has 1 aliphatic carbocycles. The van der Waals surface area contributed by atoms with Crippen LogP contribution in [0.15, 0.2) is 0 Å². The number of ether oxygens (including phenoxy) is 1. The molecule has 1 aliphatic heterocycles. The summed E-state index contributed by atoms with van der Waals surface area (Å²) in [5.41, 5.74) is -2.33. The number of hydrogen-bond acceptors (Lipinski definition) is 3. The number of carbonyl (C=O) groups is 1. The number of carbonyl (C=O) groups excluding carboxylic acids is 1. The highest BCUT2D eigenvalue weighted by Crippen LogP contribution is 2.53. The lowest BCUT2D eigenvalue weighted by Gasteiger charge is -2.33. The van der Waals surface area contributed by atoms with E-state index in [4.69, 9.17) is 0 Å². The number of halogens is 1. The molecule has 2 aliphatic rings. The monoisotopic (exact) mass is 215 g/mol. The summed E-state index contributed by atoms with van der Waals surface area (Å²) in [6, 6.07) is 0. The van der Waals surface area contributed by atoms with E-state index in [0.717, 1.165) is 19.3 Å². The van der Waals surface area contributed by atoms with E-state index >= 15 is 0 Å². The molecule has 3 unspecified atom stereocenters. The highest BCUT2D eigenvalue weighted by Gasteiger charge is 2.63. The van der Waals surface area contributed by atoms with E-state index in [1.54, 1.807) is 0 Å². The standard InChI is InChI=1S/C11H18FNO2/c1-8-3-4-10(5-8)6-13-7-11(10,12)9(14)15-2/h8,13H,3-7H2,1-2H3. The Morgan fingerprint density at radius 2 is 2.27 bits per heavy atom. The molecule has 4 heteroatoms. The Kier molecular flexibility index (Phi) is 2.49. The zero-order valence-corrected chi connectivity index (χ0v) is 9.31. The lowest BCUT2D eigenvalue weighted by Crippen LogP contribution is -2.49. The van der Waals surface area contributed by atoms with Gasteiger partial charge in [0.25, 0.3) is 0 Å². The third-order valence-corrected chi connectivity index (χ3v) is 4.04. The zero-order chi connectivity index (χ0) is 11.1. The first-order chi connectivity index (χ1) is 7.04. The smallest absolute Gasteiger partial charge is 0.345 e. The van der Waals surface area contributed by atoms with Gasteiger partial charge in [-0.3, -0.25) is 0 Å². The second kappa shape index (κ2) is 3.44. The number of esters is 1. The Morgan fingerprint density at radius 1 is 1.53 bits per heavy atom. The van der Waals surface area contributed by atoms with Crippen LogP contribution in [0.5, 0.6) is 0 Å². The van der Waals surface area contributed by atoms with Crippen molar-refractivity contribution in [2.75, 3.05) is 20.2 Å². The molecule has 0 aromatic rings. The first-order valence-corrected chi connectivity index (χ1v) is 5.52. The van der Waals surface area contributed by atoms with E-state index in [9.17, 15) is 9.18 Å². The molecule has 15 heavy (non-hydrogen) atoms. The van der Waals surface area contributed by atoms with Crippen LogP contribution in [0.1, 0.15) is 26.2 Å². The number of methoxy groups -OCH3 is 1. The lowest BCUT2D eigenvalue weighted by atomic mass is 9.73. The third-order valence-electron chi connectivity index (χ3n) is 4.04. The van der Waals surface area contributed by atoms with E-state index in [2.05, 4.69) is 17.0 Å². The number of nitrogens with one attached hydrogen (secondary N) is 1. The van der Waals surface area contributed by atoms with Crippen LogP contribution in [0.2, 0.25) is 0 Å². The fraction of sp³-hybridized carbons (Fsp3) is 0.909. The van der Waals surface area contributed by atoms with Gasteiger partial charge in [-0.05, 0) is 25.2 Å². The molecule has 0 aromatic heterocycles. The zero-order valence-electron chi connectivity index (χ0n) is 9.31. The van der Waals surface area contributed by atoms with Crippen LogP contribution in [-0.2, 0) is 9.53 Å². The van der Waals surface area contributed by atoms with Crippen molar-refractivity contribution in [3.05, 3.63) is 0 Å². The Labute approximate surface area is 89.4 Å². The maximum Gasteiger partial charge on any atom is 0.345 e. The average Bonchev–Trinajstić information content (AvgIpc) is 2.73. The van der Waals surface area contributed by atoms with Gasteiger partial charge in [0, 0.05) is 18.5 Å². The minimum Gasteiger partial charge on any atom is -0.467 e. The van der Waals surface area contributed by atoms with Crippen LogP contribution in [0.3, 0.4) is 0 Å². The van der Waals surface area contributed by atoms with Gasteiger partial charge in [0.15, 0.2) is 0 Å². The van der Waals surface area contributed by atoms with Crippen molar-refractivity contribution >= 4 is 5.97 Å². The van der Waals surface area contributed by atoms with Crippen LogP contribution < -0.4 is 5.32 Å². The minimum absolute atomic E-state index is 0.104. The molecule has 2 fully saturated rings. The van der Waals surface area contributed by atoms with Crippen LogP contribution in [-0.4, -0.2) is 31.8 Å². The summed E-state index contributed by atoms with van der Waals surface area (Å²) in [6.45, 7) is 2.82. The van der Waals surface area contributed by atoms with Gasteiger partial charge in [0.1, 0.15) is 0 Å². The van der Waals surface area contributed by atoms with Crippen molar-refractivity contribution in [2.45, 2.75) is 31.9 Å². The summed E-state index contributed by atoms with van der Waals surface area (Å²) >= 11 is 0. The maximum atomic E-state index is 14.7. The topological polar surface area (TPSA) is 38.3 Å². The Morgan fingerprint density at radius 3 is 2.80 bits per heavy atom. The van der Waals surface area contributed by atoms with Gasteiger partial charge in [-0.2, -0.15) is 0 Å². The summed E-state index contributed by atoms with van der Waals surface area (Å²) in [5, 5.41) is 3.01. The van der Waals surface area contributed by atoms with Crippen molar-refractivity contribution in [3.63, 3.8) is 0 Å². The summed E-state index contributed by atoms with van der Waals surface area (Å²) in [6.07, 6.45) is 2.57. The number of hydrogen-bond donors (Lipinski definition) is 1. The van der Waals surface area contributed by atoms with Gasteiger partial charge in [-0.1, -0.05) is 6.92 Å². The summed E-state index contributed by atoms with van der Waals surface area (Å²) in [7, 11) is 1.26. The summed E-state index contributed by atoms with van der Waals surface area (Å²) < 4.78 is 19.3. The second-order valence-corrected chi connectivity index (χ2v) is 5.02. The molecule has 86 valence electrons. The van der Waals surface area contributed by atoms with E-state index < -0.39 is 17.1 Å². The molecule has 2 rings (SSSR count). The minimum atomic E-state index is -1.81. The van der Waals surface area contributed by atoms with Gasteiger partial charge in [-0.15, -0.1) is 0 Å². The van der Waals surface area contributed by atoms with Crippen LogP contribution in [0.25, 0.3) is 0 Å². The largest absolute Gasteiger partial charge is 0.467 e. The molecule has 0 radical (unpaired) electrons. The molecule has 0 bridgehead atoms. The number of alkyl halides is 1. The molecule has 1 saturated carbocycles. The molecule has 1 heterocycles. The summed E-state index contributed by atoms with van der Waals surface area (Å²) in [5.74, 6) is -0.203. The van der Waals surface area contributed by atoms with Gasteiger partial charge >= 0.3 is 5.97 Å². The van der Waals surface area contributed by atoms with Gasteiger partial charge < -0.3 is 10.1 Å². The van der Waals surface area contributed by atoms with E-state index in [0.29, 0.717) is 12.5 Å². The van der Waals surface area contributed by atoms with Crippen LogP contribution in [0.4, 0.5) is 4.39 Å². The molecular weight excluding hydrogens is 197 g/mol. The van der Waals surface area contributed by atoms with Crippen molar-refractivity contribution in [2.24, 2.45) is 11.3 Å². The molecule has 1 N–H and O–H groups in total. The Bertz CT molecular complexity index is 284. The van der Waals surface area contributed by atoms with Crippen molar-refractivity contribution in [1.29, 1.82) is 0 Å². The van der Waals surface area contributed by atoms with Gasteiger partial charge in [0.2, 0.25) is 5.67 Å². The number of rotatable bonds is 1. The quantitative estimate of drug-likeness (QED) is 0.670. The molecule has 3 nitrogen and oxygen atoms in total. The maximum absolute atomic E-state index is 14.7. The SMILES string of the molecule is COC(=O)C1(F)CNCC12CCC(C)C2. The first kappa shape index (κ1) is 10.9. The first-order valence-electron chi connectivity index (χ1n) is 5.52. The molecule has 1 saturated heterocycles. The second-order valence-electron chi connectivity index (χ2n) is 5.02. The molecule has 0 aromatic carbocycles. The van der Waals surface area contributed by atoms with E-state index in [1.165, 1.54) is 7.11 Å². The highest BCUT2D eigenvalue weighted by atomic mass is 19.1. The molecule has 0 amide bonds. The van der Waals surface area contributed by atoms with Gasteiger partial charge in [-0.25, -0.2) is 9.18 Å². The average molecular weight is 215 g/mol. The summed E-state index contributed by atoms with van der Waals surface area (Å²) in [4.78, 5) is 11.6. The fourth-order valence-electron chi connectivity index (χ4n) is 3.17. The van der Waals surface area contributed by atoms with Gasteiger partial charge in [0.05, 0.1) is 7.11 Å².